The van der Waals surface area contributed by atoms with Crippen molar-refractivity contribution in [3.63, 3.8) is 0 Å². The van der Waals surface area contributed by atoms with Crippen molar-refractivity contribution in [2.24, 2.45) is 5.92 Å². The van der Waals surface area contributed by atoms with Crippen LogP contribution in [0, 0.1) is 5.92 Å². The van der Waals surface area contributed by atoms with Gasteiger partial charge in [0.15, 0.2) is 5.82 Å². The van der Waals surface area contributed by atoms with Crippen molar-refractivity contribution in [3.05, 3.63) is 30.5 Å². The Bertz CT molecular complexity index is 518. The number of hydrogen-bond donors (Lipinski definition) is 1. The summed E-state index contributed by atoms with van der Waals surface area (Å²) < 4.78 is 5.37. The van der Waals surface area contributed by atoms with Crippen LogP contribution >= 0.6 is 0 Å². The van der Waals surface area contributed by atoms with Crippen molar-refractivity contribution in [2.75, 3.05) is 25.1 Å². The van der Waals surface area contributed by atoms with E-state index in [1.807, 2.05) is 12.1 Å². The largest absolute Gasteiger partial charge is 0.381 e. The molecule has 1 aliphatic heterocycles. The van der Waals surface area contributed by atoms with E-state index in [1.54, 1.807) is 6.20 Å². The second kappa shape index (κ2) is 5.31. The first kappa shape index (κ1) is 11.4. The van der Waals surface area contributed by atoms with E-state index in [9.17, 15) is 0 Å². The molecule has 3 rings (SSSR count). The molecule has 2 heterocycles. The summed E-state index contributed by atoms with van der Waals surface area (Å²) in [4.78, 5) is 0. The lowest BCUT2D eigenvalue weighted by atomic mass is 10.1. The van der Waals surface area contributed by atoms with Crippen LogP contribution in [0.3, 0.4) is 0 Å². The molecule has 18 heavy (non-hydrogen) atoms. The number of hydrogen-bond acceptors (Lipinski definition) is 4. The van der Waals surface area contributed by atoms with Crippen LogP contribution in [0.15, 0.2) is 30.5 Å². The van der Waals surface area contributed by atoms with Crippen molar-refractivity contribution in [3.8, 4) is 0 Å². The summed E-state index contributed by atoms with van der Waals surface area (Å²) in [5.41, 5.74) is 0. The van der Waals surface area contributed by atoms with E-state index < -0.39 is 0 Å². The highest BCUT2D eigenvalue weighted by atomic mass is 16.5. The Hall–Kier alpha value is -1.68. The van der Waals surface area contributed by atoms with Crippen LogP contribution in [0.4, 0.5) is 5.82 Å². The Morgan fingerprint density at radius 2 is 2.28 bits per heavy atom. The van der Waals surface area contributed by atoms with Crippen LogP contribution in [-0.4, -0.2) is 30.0 Å². The highest BCUT2D eigenvalue weighted by Crippen LogP contribution is 2.20. The van der Waals surface area contributed by atoms with Gasteiger partial charge in [-0.25, -0.2) is 0 Å². The van der Waals surface area contributed by atoms with Crippen molar-refractivity contribution in [1.29, 1.82) is 0 Å². The Morgan fingerprint density at radius 3 is 3.17 bits per heavy atom. The summed E-state index contributed by atoms with van der Waals surface area (Å²) in [5.74, 6) is 1.58. The fourth-order valence-corrected chi connectivity index (χ4v) is 2.36. The molecule has 1 unspecified atom stereocenters. The van der Waals surface area contributed by atoms with Crippen molar-refractivity contribution < 1.29 is 4.74 Å². The fraction of sp³-hybridized carbons (Fsp3) is 0.429. The van der Waals surface area contributed by atoms with E-state index in [1.165, 1.54) is 6.42 Å². The van der Waals surface area contributed by atoms with Gasteiger partial charge in [0.05, 0.1) is 6.20 Å². The first-order valence-electron chi connectivity index (χ1n) is 6.45. The number of rotatable bonds is 4. The summed E-state index contributed by atoms with van der Waals surface area (Å²) in [6.45, 7) is 2.75. The molecule has 94 valence electrons. The molecule has 1 saturated heterocycles. The molecule has 0 amide bonds. The van der Waals surface area contributed by atoms with Gasteiger partial charge in [-0.2, -0.15) is 5.10 Å². The second-order valence-electron chi connectivity index (χ2n) is 4.73. The third kappa shape index (κ3) is 2.43. The zero-order valence-corrected chi connectivity index (χ0v) is 10.3. The fourth-order valence-electron chi connectivity index (χ4n) is 2.36. The number of nitrogens with one attached hydrogen (secondary N) is 1. The predicted octanol–water partition coefficient (Wildman–Crippen LogP) is 2.47. The van der Waals surface area contributed by atoms with Crippen molar-refractivity contribution >= 4 is 16.6 Å². The van der Waals surface area contributed by atoms with E-state index in [2.05, 4.69) is 27.6 Å². The Labute approximate surface area is 106 Å². The average molecular weight is 243 g/mol. The lowest BCUT2D eigenvalue weighted by molar-refractivity contribution is 0.185. The predicted molar refractivity (Wildman–Crippen MR) is 71.6 cm³/mol. The molecule has 0 radical (unpaired) electrons. The zero-order chi connectivity index (χ0) is 12.2. The van der Waals surface area contributed by atoms with Gasteiger partial charge in [0.25, 0.3) is 0 Å². The second-order valence-corrected chi connectivity index (χ2v) is 4.73. The van der Waals surface area contributed by atoms with Gasteiger partial charge in [0.2, 0.25) is 0 Å². The van der Waals surface area contributed by atoms with Crippen LogP contribution in [0.25, 0.3) is 10.8 Å². The third-order valence-corrected chi connectivity index (χ3v) is 3.44. The Morgan fingerprint density at radius 1 is 1.33 bits per heavy atom. The molecule has 1 aromatic heterocycles. The molecule has 1 fully saturated rings. The van der Waals surface area contributed by atoms with Crippen LogP contribution in [0.1, 0.15) is 12.8 Å². The highest BCUT2D eigenvalue weighted by Gasteiger charge is 2.15. The lowest BCUT2D eigenvalue weighted by Crippen LogP contribution is -2.10. The highest BCUT2D eigenvalue weighted by molar-refractivity contribution is 5.90. The third-order valence-electron chi connectivity index (χ3n) is 3.44. The van der Waals surface area contributed by atoms with Gasteiger partial charge >= 0.3 is 0 Å². The molecular formula is C14H17N3O. The summed E-state index contributed by atoms with van der Waals surface area (Å²) in [6, 6.07) is 8.18. The monoisotopic (exact) mass is 243 g/mol. The Kier molecular flexibility index (Phi) is 3.37. The number of benzene rings is 1. The summed E-state index contributed by atoms with van der Waals surface area (Å²) >= 11 is 0. The number of fused-ring (bicyclic) bond motifs is 1. The molecule has 1 aliphatic rings. The average Bonchev–Trinajstić information content (AvgIpc) is 2.92. The minimum atomic E-state index is 0.695. The summed E-state index contributed by atoms with van der Waals surface area (Å²) in [7, 11) is 0. The van der Waals surface area contributed by atoms with Gasteiger partial charge < -0.3 is 10.1 Å². The van der Waals surface area contributed by atoms with E-state index in [-0.39, 0.29) is 0 Å². The minimum Gasteiger partial charge on any atom is -0.381 e. The van der Waals surface area contributed by atoms with Gasteiger partial charge in [-0.15, -0.1) is 5.10 Å². The maximum atomic E-state index is 5.37. The molecule has 4 nitrogen and oxygen atoms in total. The normalized spacial score (nSPS) is 19.2. The van der Waals surface area contributed by atoms with E-state index in [0.29, 0.717) is 5.92 Å². The van der Waals surface area contributed by atoms with E-state index in [4.69, 9.17) is 4.74 Å². The SMILES string of the molecule is c1ccc2c(NCCC3CCOC3)nncc2c1. The standard InChI is InChI=1S/C14H17N3O/c1-2-4-13-12(3-1)9-16-17-14(13)15-7-5-11-6-8-18-10-11/h1-4,9,11H,5-8,10H2,(H,15,17). The summed E-state index contributed by atoms with van der Waals surface area (Å²) in [6.07, 6.45) is 4.11. The number of aromatic nitrogens is 2. The van der Waals surface area contributed by atoms with Gasteiger partial charge in [0, 0.05) is 30.5 Å². The Balaban J connectivity index is 1.66. The lowest BCUT2D eigenvalue weighted by Gasteiger charge is -2.10. The molecule has 0 saturated carbocycles. The van der Waals surface area contributed by atoms with E-state index >= 15 is 0 Å². The molecule has 4 heteroatoms. The van der Waals surface area contributed by atoms with Crippen molar-refractivity contribution in [1.82, 2.24) is 10.2 Å². The minimum absolute atomic E-state index is 0.695. The molecule has 1 atom stereocenters. The van der Waals surface area contributed by atoms with Crippen LogP contribution in [0.2, 0.25) is 0 Å². The first-order chi connectivity index (χ1) is 8.93. The van der Waals surface area contributed by atoms with Crippen LogP contribution in [-0.2, 0) is 4.74 Å². The van der Waals surface area contributed by atoms with Gasteiger partial charge in [-0.3, -0.25) is 0 Å². The van der Waals surface area contributed by atoms with Gasteiger partial charge in [0.1, 0.15) is 0 Å². The molecule has 0 bridgehead atoms. The molecule has 0 spiro atoms. The van der Waals surface area contributed by atoms with Gasteiger partial charge in [-0.05, 0) is 18.8 Å². The number of nitrogens with zero attached hydrogens (tertiary/aromatic N) is 2. The smallest absolute Gasteiger partial charge is 0.156 e. The molecule has 0 aliphatic carbocycles. The number of anilines is 1. The molecule has 1 aromatic carbocycles. The topological polar surface area (TPSA) is 47.0 Å². The quantitative estimate of drug-likeness (QED) is 0.896. The first-order valence-corrected chi connectivity index (χ1v) is 6.45. The maximum absolute atomic E-state index is 5.37. The van der Waals surface area contributed by atoms with Crippen LogP contribution in [0.5, 0.6) is 0 Å². The van der Waals surface area contributed by atoms with E-state index in [0.717, 1.165) is 42.8 Å². The molecular weight excluding hydrogens is 226 g/mol. The number of ether oxygens (including phenoxy) is 1. The summed E-state index contributed by atoms with van der Waals surface area (Å²) in [5, 5.41) is 13.8. The molecule has 2 aromatic rings. The van der Waals surface area contributed by atoms with Crippen molar-refractivity contribution in [2.45, 2.75) is 12.8 Å². The van der Waals surface area contributed by atoms with Gasteiger partial charge in [-0.1, -0.05) is 24.3 Å². The molecule has 1 N–H and O–H groups in total. The maximum Gasteiger partial charge on any atom is 0.156 e. The zero-order valence-electron chi connectivity index (χ0n) is 10.3. The van der Waals surface area contributed by atoms with Crippen LogP contribution < -0.4 is 5.32 Å².